The fourth-order valence-corrected chi connectivity index (χ4v) is 4.78. The maximum absolute atomic E-state index is 12.0. The monoisotopic (exact) mass is 376 g/mol. The van der Waals surface area contributed by atoms with Crippen molar-refractivity contribution in [2.24, 2.45) is 0 Å². The van der Waals surface area contributed by atoms with Crippen LogP contribution in [0.4, 0.5) is 0 Å². The second-order valence-corrected chi connectivity index (χ2v) is 8.90. The first-order valence-corrected chi connectivity index (χ1v) is 10.3. The molecule has 1 atom stereocenters. The van der Waals surface area contributed by atoms with Crippen LogP contribution in [0.5, 0.6) is 0 Å². The van der Waals surface area contributed by atoms with E-state index in [-0.39, 0.29) is 23.1 Å². The van der Waals surface area contributed by atoms with Crippen LogP contribution in [0.15, 0.2) is 8.68 Å². The Bertz CT molecular complexity index is 518. The summed E-state index contributed by atoms with van der Waals surface area (Å²) in [5, 5.41) is 10.8. The number of carbonyl (C=O) groups excluding carboxylic acids is 2. The molecule has 23 heavy (non-hydrogen) atoms. The van der Waals surface area contributed by atoms with E-state index < -0.39 is 0 Å². The van der Waals surface area contributed by atoms with Crippen LogP contribution in [-0.2, 0) is 9.59 Å². The molecule has 0 saturated carbocycles. The Hall–Kier alpha value is -0.800. The lowest BCUT2D eigenvalue weighted by Gasteiger charge is -2.17. The smallest absolute Gasteiger partial charge is 0.233 e. The lowest BCUT2D eigenvalue weighted by atomic mass is 10.3. The first-order valence-electron chi connectivity index (χ1n) is 7.58. The molecule has 1 aromatic rings. The molecule has 0 unspecified atom stereocenters. The summed E-state index contributed by atoms with van der Waals surface area (Å²) in [5.41, 5.74) is 0. The third-order valence-electron chi connectivity index (χ3n) is 2.90. The molecule has 130 valence electrons. The molecule has 1 aromatic heterocycles. The molecule has 0 aliphatic carbocycles. The van der Waals surface area contributed by atoms with E-state index in [1.54, 1.807) is 4.90 Å². The van der Waals surface area contributed by atoms with Crippen molar-refractivity contribution in [1.82, 2.24) is 20.4 Å². The van der Waals surface area contributed by atoms with Crippen molar-refractivity contribution in [3.8, 4) is 0 Å². The van der Waals surface area contributed by atoms with Crippen LogP contribution >= 0.6 is 34.9 Å². The van der Waals surface area contributed by atoms with Gasteiger partial charge in [-0.05, 0) is 34.6 Å². The van der Waals surface area contributed by atoms with Gasteiger partial charge in [-0.15, -0.1) is 10.2 Å². The van der Waals surface area contributed by atoms with Gasteiger partial charge in [-0.2, -0.15) is 0 Å². The van der Waals surface area contributed by atoms with Gasteiger partial charge >= 0.3 is 0 Å². The lowest BCUT2D eigenvalue weighted by molar-refractivity contribution is -0.128. The predicted molar refractivity (Wildman–Crippen MR) is 97.2 cm³/mol. The van der Waals surface area contributed by atoms with E-state index in [4.69, 9.17) is 0 Å². The third-order valence-corrected chi connectivity index (χ3v) is 6.13. The Morgan fingerprint density at radius 1 is 1.17 bits per heavy atom. The number of carbonyl (C=O) groups is 2. The highest BCUT2D eigenvalue weighted by molar-refractivity contribution is 8.04. The molecule has 1 rings (SSSR count). The Morgan fingerprint density at radius 2 is 1.78 bits per heavy atom. The van der Waals surface area contributed by atoms with Crippen LogP contribution < -0.4 is 5.32 Å². The molecular weight excluding hydrogens is 352 g/mol. The van der Waals surface area contributed by atoms with Crippen molar-refractivity contribution in [1.29, 1.82) is 0 Å². The molecule has 0 aromatic carbocycles. The number of rotatable bonds is 9. The number of aromatic nitrogens is 2. The topological polar surface area (TPSA) is 75.2 Å². The second kappa shape index (κ2) is 10.1. The molecule has 2 amide bonds. The quantitative estimate of drug-likeness (QED) is 0.668. The number of nitrogens with one attached hydrogen (secondary N) is 1. The zero-order valence-corrected chi connectivity index (χ0v) is 16.6. The summed E-state index contributed by atoms with van der Waals surface area (Å²) in [6.07, 6.45) is 0. The van der Waals surface area contributed by atoms with Crippen molar-refractivity contribution >= 4 is 46.7 Å². The summed E-state index contributed by atoms with van der Waals surface area (Å²) < 4.78 is 1.50. The van der Waals surface area contributed by atoms with Gasteiger partial charge in [0.1, 0.15) is 0 Å². The van der Waals surface area contributed by atoms with Gasteiger partial charge in [0.25, 0.3) is 0 Å². The van der Waals surface area contributed by atoms with Gasteiger partial charge in [-0.1, -0.05) is 34.9 Å². The molecule has 6 nitrogen and oxygen atoms in total. The van der Waals surface area contributed by atoms with Crippen LogP contribution in [0, 0.1) is 0 Å². The van der Waals surface area contributed by atoms with Gasteiger partial charge in [0.05, 0.1) is 11.0 Å². The minimum absolute atomic E-state index is 0.00823. The van der Waals surface area contributed by atoms with Crippen molar-refractivity contribution in [3.05, 3.63) is 0 Å². The van der Waals surface area contributed by atoms with E-state index in [1.807, 2.05) is 34.6 Å². The average Bonchev–Trinajstić information content (AvgIpc) is 2.93. The number of hydrogen-bond donors (Lipinski definition) is 1. The van der Waals surface area contributed by atoms with E-state index in [0.29, 0.717) is 5.75 Å². The maximum atomic E-state index is 12.0. The number of thioether (sulfide) groups is 2. The zero-order chi connectivity index (χ0) is 17.4. The normalized spacial score (nSPS) is 12.3. The van der Waals surface area contributed by atoms with E-state index >= 15 is 0 Å². The molecule has 9 heteroatoms. The van der Waals surface area contributed by atoms with Gasteiger partial charge in [0.15, 0.2) is 8.68 Å². The standard InChI is InChI=1S/C14H24N4O2S3/c1-6-18(7-2)11(19)8-21-13-16-17-14(23-13)22-10(5)12(20)15-9(3)4/h9-10H,6-8H2,1-5H3,(H,15,20)/t10-/m0/s1. The second-order valence-electron chi connectivity index (χ2n) is 5.11. The van der Waals surface area contributed by atoms with Gasteiger partial charge in [0.2, 0.25) is 11.8 Å². The summed E-state index contributed by atoms with van der Waals surface area (Å²) in [6, 6.07) is 0.122. The van der Waals surface area contributed by atoms with Gasteiger partial charge in [-0.3, -0.25) is 9.59 Å². The summed E-state index contributed by atoms with van der Waals surface area (Å²) >= 11 is 4.20. The van der Waals surface area contributed by atoms with Crippen LogP contribution in [-0.4, -0.2) is 57.0 Å². The first-order chi connectivity index (χ1) is 10.9. The number of hydrogen-bond acceptors (Lipinski definition) is 7. The predicted octanol–water partition coefficient (Wildman–Crippen LogP) is 2.50. The largest absolute Gasteiger partial charge is 0.353 e. The maximum Gasteiger partial charge on any atom is 0.233 e. The van der Waals surface area contributed by atoms with Crippen LogP contribution in [0.25, 0.3) is 0 Å². The Labute approximate surface area is 150 Å². The SMILES string of the molecule is CCN(CC)C(=O)CSc1nnc(S[C@@H](C)C(=O)NC(C)C)s1. The Balaban J connectivity index is 2.48. The molecule has 1 heterocycles. The highest BCUT2D eigenvalue weighted by Crippen LogP contribution is 2.31. The summed E-state index contributed by atoms with van der Waals surface area (Å²) in [5.74, 6) is 0.463. The summed E-state index contributed by atoms with van der Waals surface area (Å²) in [4.78, 5) is 25.6. The van der Waals surface area contributed by atoms with E-state index in [0.717, 1.165) is 21.8 Å². The average molecular weight is 377 g/mol. The highest BCUT2D eigenvalue weighted by Gasteiger charge is 2.18. The molecule has 1 N–H and O–H groups in total. The van der Waals surface area contributed by atoms with Crippen molar-refractivity contribution < 1.29 is 9.59 Å². The lowest BCUT2D eigenvalue weighted by Crippen LogP contribution is -2.35. The summed E-state index contributed by atoms with van der Waals surface area (Å²) in [6.45, 7) is 11.1. The molecule has 0 saturated heterocycles. The van der Waals surface area contributed by atoms with Crippen LogP contribution in [0.3, 0.4) is 0 Å². The number of nitrogens with zero attached hydrogens (tertiary/aromatic N) is 3. The third kappa shape index (κ3) is 7.09. The molecular formula is C14H24N4O2S3. The Kier molecular flexibility index (Phi) is 8.93. The van der Waals surface area contributed by atoms with Gasteiger partial charge < -0.3 is 10.2 Å². The van der Waals surface area contributed by atoms with Gasteiger partial charge in [0, 0.05) is 19.1 Å². The van der Waals surface area contributed by atoms with Crippen LogP contribution in [0.1, 0.15) is 34.6 Å². The molecule has 0 fully saturated rings. The first kappa shape index (κ1) is 20.2. The molecule has 0 spiro atoms. The minimum atomic E-state index is -0.222. The van der Waals surface area contributed by atoms with E-state index in [9.17, 15) is 9.59 Å². The van der Waals surface area contributed by atoms with Crippen molar-refractivity contribution in [2.75, 3.05) is 18.8 Å². The fourth-order valence-electron chi connectivity index (χ4n) is 1.70. The highest BCUT2D eigenvalue weighted by atomic mass is 32.2. The summed E-state index contributed by atoms with van der Waals surface area (Å²) in [7, 11) is 0. The van der Waals surface area contributed by atoms with Crippen molar-refractivity contribution in [3.63, 3.8) is 0 Å². The number of amides is 2. The van der Waals surface area contributed by atoms with E-state index in [2.05, 4.69) is 15.5 Å². The molecule has 0 radical (unpaired) electrons. The molecule has 0 bridgehead atoms. The minimum Gasteiger partial charge on any atom is -0.353 e. The van der Waals surface area contributed by atoms with Gasteiger partial charge in [-0.25, -0.2) is 0 Å². The molecule has 0 aliphatic heterocycles. The van der Waals surface area contributed by atoms with E-state index in [1.165, 1.54) is 34.9 Å². The van der Waals surface area contributed by atoms with Crippen molar-refractivity contribution in [2.45, 2.75) is 54.6 Å². The Morgan fingerprint density at radius 3 is 2.35 bits per heavy atom. The van der Waals surface area contributed by atoms with Crippen LogP contribution in [0.2, 0.25) is 0 Å². The zero-order valence-electron chi connectivity index (χ0n) is 14.2. The molecule has 0 aliphatic rings. The fraction of sp³-hybridized carbons (Fsp3) is 0.714.